The molecule has 176 valence electrons. The Kier molecular flexibility index (Phi) is 4.17. The molecule has 1 aromatic carbocycles. The molecule has 2 aliphatic rings. The van der Waals surface area contributed by atoms with Crippen LogP contribution in [-0.4, -0.2) is 24.3 Å². The summed E-state index contributed by atoms with van der Waals surface area (Å²) in [6.45, 7) is 0. The Bertz CT molecular complexity index is 1980. The summed E-state index contributed by atoms with van der Waals surface area (Å²) >= 11 is 0. The molecule has 10 heteroatoms. The van der Waals surface area contributed by atoms with Gasteiger partial charge in [0, 0.05) is 39.1 Å². The maximum atomic E-state index is 13.3. The first-order valence-corrected chi connectivity index (χ1v) is 11.0. The monoisotopic (exact) mass is 471 g/mol. The van der Waals surface area contributed by atoms with Crippen molar-refractivity contribution in [1.29, 1.82) is 0 Å². The van der Waals surface area contributed by atoms with Gasteiger partial charge in [0.05, 0.1) is 11.6 Å². The fourth-order valence-corrected chi connectivity index (χ4v) is 5.07. The van der Waals surface area contributed by atoms with E-state index in [-0.39, 0.29) is 11.1 Å². The first-order chi connectivity index (χ1) is 16.7. The van der Waals surface area contributed by atoms with Gasteiger partial charge < -0.3 is 9.32 Å². The Labute approximate surface area is 196 Å². The highest BCUT2D eigenvalue weighted by molar-refractivity contribution is 5.97. The van der Waals surface area contributed by atoms with Crippen LogP contribution < -0.4 is 38.0 Å². The molecule has 0 spiro atoms. The lowest BCUT2D eigenvalue weighted by atomic mass is 10.0. The lowest BCUT2D eigenvalue weighted by Crippen LogP contribution is -2.40. The molecular formula is C25H21N5O5. The van der Waals surface area contributed by atoms with Gasteiger partial charge in [-0.1, -0.05) is 24.3 Å². The third kappa shape index (κ3) is 2.59. The average Bonchev–Trinajstić information content (AvgIpc) is 3.33. The molecule has 1 aliphatic carbocycles. The summed E-state index contributed by atoms with van der Waals surface area (Å²) in [4.78, 5) is 53.5. The van der Waals surface area contributed by atoms with Crippen molar-refractivity contribution in [2.45, 2.75) is 6.04 Å². The second kappa shape index (κ2) is 6.95. The Hall–Kier alpha value is -4.60. The number of aryl methyl sites for hydroxylation is 1. The van der Waals surface area contributed by atoms with Gasteiger partial charge in [-0.2, -0.15) is 0 Å². The summed E-state index contributed by atoms with van der Waals surface area (Å²) in [6, 6.07) is 8.95. The summed E-state index contributed by atoms with van der Waals surface area (Å²) < 4.78 is 11.0. The molecule has 3 aromatic heterocycles. The first-order valence-electron chi connectivity index (χ1n) is 11.0. The standard InChI is InChI=1S/C25H21N5O5/c1-26-20-18(21(31)27(2)24(26)33)14-10-11-15-17(12-16(14)30(20)13-8-6-5-7-9-13)35-23-19(15)22(32)28(3)25(34)29(23)4/h5-12,16H,1-4H3. The van der Waals surface area contributed by atoms with Crippen LogP contribution in [0.3, 0.4) is 0 Å². The van der Waals surface area contributed by atoms with Crippen molar-refractivity contribution in [3.8, 4) is 0 Å². The van der Waals surface area contributed by atoms with Gasteiger partial charge in [-0.25, -0.2) is 9.59 Å². The molecule has 4 heterocycles. The molecule has 0 saturated heterocycles. The molecule has 0 bridgehead atoms. The van der Waals surface area contributed by atoms with Gasteiger partial charge in [0.15, 0.2) is 0 Å². The number of nitrogens with zero attached hydrogens (tertiary/aromatic N) is 5. The molecule has 1 atom stereocenters. The predicted molar refractivity (Wildman–Crippen MR) is 132 cm³/mol. The van der Waals surface area contributed by atoms with E-state index < -0.39 is 28.5 Å². The van der Waals surface area contributed by atoms with E-state index in [9.17, 15) is 19.2 Å². The van der Waals surface area contributed by atoms with Gasteiger partial charge in [0.25, 0.3) is 11.1 Å². The highest BCUT2D eigenvalue weighted by Crippen LogP contribution is 2.43. The zero-order valence-corrected chi connectivity index (χ0v) is 19.5. The predicted octanol–water partition coefficient (Wildman–Crippen LogP) is -0.594. The molecule has 1 aliphatic heterocycles. The van der Waals surface area contributed by atoms with Crippen LogP contribution in [0.4, 0.5) is 11.5 Å². The Balaban J connectivity index is 1.78. The number of furan rings is 1. The van der Waals surface area contributed by atoms with E-state index in [0.29, 0.717) is 27.6 Å². The molecule has 1 unspecified atom stereocenters. The Morgan fingerprint density at radius 1 is 0.771 bits per heavy atom. The molecule has 0 amide bonds. The van der Waals surface area contributed by atoms with Crippen LogP contribution in [0, 0.1) is 0 Å². The highest BCUT2D eigenvalue weighted by Gasteiger charge is 2.39. The van der Waals surface area contributed by atoms with E-state index in [1.165, 1.54) is 23.2 Å². The van der Waals surface area contributed by atoms with Gasteiger partial charge in [0.1, 0.15) is 16.6 Å². The van der Waals surface area contributed by atoms with Crippen molar-refractivity contribution >= 4 is 40.3 Å². The second-order valence-electron chi connectivity index (χ2n) is 8.78. The van der Waals surface area contributed by atoms with Gasteiger partial charge in [-0.3, -0.25) is 27.9 Å². The zero-order valence-electron chi connectivity index (χ0n) is 19.5. The summed E-state index contributed by atoms with van der Waals surface area (Å²) in [7, 11) is 6.07. The van der Waals surface area contributed by atoms with E-state index in [2.05, 4.69) is 0 Å². The van der Waals surface area contributed by atoms with E-state index in [1.54, 1.807) is 26.2 Å². The molecule has 4 aromatic rings. The van der Waals surface area contributed by atoms with Crippen LogP contribution in [0.2, 0.25) is 0 Å². The minimum atomic E-state index is -0.493. The number of anilines is 2. The molecule has 0 radical (unpaired) electrons. The first kappa shape index (κ1) is 21.0. The summed E-state index contributed by atoms with van der Waals surface area (Å²) in [5.41, 5.74) is 0.682. The fraction of sp³-hybridized carbons (Fsp3) is 0.200. The van der Waals surface area contributed by atoms with Crippen LogP contribution >= 0.6 is 0 Å². The SMILES string of the molecule is Cn1c2c(c(=O)n(C)c1=O)C1=CC=c3c(oc4c3c(=O)n(C)c(=O)n4C)=CC1N2c1ccccc1. The maximum Gasteiger partial charge on any atom is 0.333 e. The summed E-state index contributed by atoms with van der Waals surface area (Å²) in [5, 5.41) is 0.826. The second-order valence-corrected chi connectivity index (χ2v) is 8.78. The number of fused-ring (bicyclic) bond motifs is 6. The zero-order chi connectivity index (χ0) is 24.8. The third-order valence-corrected chi connectivity index (χ3v) is 6.87. The molecule has 35 heavy (non-hydrogen) atoms. The van der Waals surface area contributed by atoms with Crippen LogP contribution in [-0.2, 0) is 28.2 Å². The van der Waals surface area contributed by atoms with Crippen LogP contribution in [0.1, 0.15) is 5.56 Å². The lowest BCUT2D eigenvalue weighted by Gasteiger charge is -2.26. The number of allylic oxidation sites excluding steroid dienone is 1. The van der Waals surface area contributed by atoms with Gasteiger partial charge >= 0.3 is 11.4 Å². The maximum absolute atomic E-state index is 13.3. The van der Waals surface area contributed by atoms with Crippen LogP contribution in [0.25, 0.3) is 28.8 Å². The number of rotatable bonds is 1. The fourth-order valence-electron chi connectivity index (χ4n) is 5.07. The number of para-hydroxylation sites is 1. The van der Waals surface area contributed by atoms with Crippen LogP contribution in [0.15, 0.2) is 60.0 Å². The normalized spacial score (nSPS) is 16.2. The minimum absolute atomic E-state index is 0.178. The molecule has 0 N–H and O–H groups in total. The quantitative estimate of drug-likeness (QED) is 0.368. The molecule has 0 fully saturated rings. The smallest absolute Gasteiger partial charge is 0.333 e. The van der Waals surface area contributed by atoms with Crippen molar-refractivity contribution < 1.29 is 4.42 Å². The topological polar surface area (TPSA) is 104 Å². The van der Waals surface area contributed by atoms with Gasteiger partial charge in [-0.05, 0) is 29.9 Å². The van der Waals surface area contributed by atoms with Crippen molar-refractivity contribution in [3.63, 3.8) is 0 Å². The van der Waals surface area contributed by atoms with Gasteiger partial charge in [0.2, 0.25) is 5.71 Å². The van der Waals surface area contributed by atoms with Crippen molar-refractivity contribution in [2.75, 3.05) is 4.90 Å². The van der Waals surface area contributed by atoms with E-state index in [1.807, 2.05) is 41.3 Å². The molecule has 0 saturated carbocycles. The van der Waals surface area contributed by atoms with Crippen molar-refractivity contribution in [2.24, 2.45) is 28.2 Å². The van der Waals surface area contributed by atoms with Crippen LogP contribution in [0.5, 0.6) is 0 Å². The molecular weight excluding hydrogens is 450 g/mol. The van der Waals surface area contributed by atoms with Gasteiger partial charge in [-0.15, -0.1) is 0 Å². The summed E-state index contributed by atoms with van der Waals surface area (Å²) in [6.07, 6.45) is 5.35. The van der Waals surface area contributed by atoms with E-state index in [0.717, 1.165) is 14.8 Å². The Morgan fingerprint density at radius 2 is 1.43 bits per heavy atom. The van der Waals surface area contributed by atoms with E-state index in [4.69, 9.17) is 4.42 Å². The van der Waals surface area contributed by atoms with E-state index >= 15 is 0 Å². The largest absolute Gasteiger partial charge is 0.439 e. The number of hydrogen-bond acceptors (Lipinski definition) is 6. The number of hydrogen-bond donors (Lipinski definition) is 0. The molecule has 10 nitrogen and oxygen atoms in total. The highest BCUT2D eigenvalue weighted by atomic mass is 16.3. The average molecular weight is 471 g/mol. The lowest BCUT2D eigenvalue weighted by molar-refractivity contribution is 0.533. The number of benzene rings is 1. The number of aromatic nitrogens is 4. The molecule has 6 rings (SSSR count). The van der Waals surface area contributed by atoms with Crippen molar-refractivity contribution in [3.05, 3.63) is 94.3 Å². The summed E-state index contributed by atoms with van der Waals surface area (Å²) in [5.74, 6) is 0.480. The van der Waals surface area contributed by atoms with Crippen molar-refractivity contribution in [1.82, 2.24) is 18.3 Å². The minimum Gasteiger partial charge on any atom is -0.439 e. The third-order valence-electron chi connectivity index (χ3n) is 6.87. The Morgan fingerprint density at radius 3 is 2.14 bits per heavy atom.